The number of aromatic amines is 1. The molecule has 3 rings (SSSR count). The molecule has 2 aromatic carbocycles. The normalized spacial score (nSPS) is 14.1. The second-order valence-corrected chi connectivity index (χ2v) is 9.63. The highest BCUT2D eigenvalue weighted by atomic mass is 16.4. The number of H-pyrrole nitrogens is 1. The molecule has 0 fully saturated rings. The van der Waals surface area contributed by atoms with Crippen LogP contribution in [0.3, 0.4) is 0 Å². The van der Waals surface area contributed by atoms with Gasteiger partial charge in [0.1, 0.15) is 18.1 Å². The van der Waals surface area contributed by atoms with Gasteiger partial charge in [-0.2, -0.15) is 0 Å². The third-order valence-corrected chi connectivity index (χ3v) is 6.81. The molecule has 12 nitrogen and oxygen atoms in total. The van der Waals surface area contributed by atoms with E-state index >= 15 is 0 Å². The lowest BCUT2D eigenvalue weighted by Gasteiger charge is -2.26. The Labute approximate surface area is 229 Å². The van der Waals surface area contributed by atoms with Gasteiger partial charge in [0.2, 0.25) is 17.7 Å². The number of carboxylic acid groups (broad SMARTS) is 1. The van der Waals surface area contributed by atoms with Gasteiger partial charge >= 0.3 is 11.7 Å². The third kappa shape index (κ3) is 7.22. The Morgan fingerprint density at radius 2 is 1.62 bits per heavy atom. The summed E-state index contributed by atoms with van der Waals surface area (Å²) in [6, 6.07) is 11.1. The summed E-state index contributed by atoms with van der Waals surface area (Å²) < 4.78 is 0.799. The average Bonchev–Trinajstić information content (AvgIpc) is 2.93. The standard InChI is InChI=1S/C28H33N5O7/c1-3-16(2)23(27(38)39)32-24(35)20(13-14-22(29)34)30-25(36)21(15-17-9-5-4-6-10-17)33-26(37)18-11-7-8-12-19(18)31-28(33)40/h4-12,16,20-21,23H,3,13-15H2,1-2H3,(H2,29,34)(H,30,36)(H,31,40)(H,32,35)(H,38,39)/t16?,20-,21-,23-/m0/s1. The Morgan fingerprint density at radius 1 is 0.975 bits per heavy atom. The first-order valence-electron chi connectivity index (χ1n) is 12.9. The molecular formula is C28H33N5O7. The molecule has 3 amide bonds. The maximum atomic E-state index is 13.7. The molecule has 0 saturated carbocycles. The van der Waals surface area contributed by atoms with Gasteiger partial charge in [-0.05, 0) is 30.0 Å². The van der Waals surface area contributed by atoms with E-state index < -0.39 is 59.0 Å². The van der Waals surface area contributed by atoms with Gasteiger partial charge in [-0.25, -0.2) is 14.2 Å². The first-order chi connectivity index (χ1) is 19.0. The molecule has 40 heavy (non-hydrogen) atoms. The monoisotopic (exact) mass is 551 g/mol. The third-order valence-electron chi connectivity index (χ3n) is 6.81. The molecule has 0 bridgehead atoms. The number of carbonyl (C=O) groups is 4. The van der Waals surface area contributed by atoms with E-state index in [4.69, 9.17) is 5.73 Å². The number of benzene rings is 2. The number of aromatic nitrogens is 2. The summed E-state index contributed by atoms with van der Waals surface area (Å²) in [5, 5.41) is 14.8. The zero-order valence-corrected chi connectivity index (χ0v) is 22.3. The van der Waals surface area contributed by atoms with Gasteiger partial charge < -0.3 is 26.5 Å². The highest BCUT2D eigenvalue weighted by Crippen LogP contribution is 2.15. The van der Waals surface area contributed by atoms with Crippen molar-refractivity contribution in [1.29, 1.82) is 0 Å². The zero-order chi connectivity index (χ0) is 29.4. The summed E-state index contributed by atoms with van der Waals surface area (Å²) in [6.45, 7) is 3.43. The Balaban J connectivity index is 2.02. The van der Waals surface area contributed by atoms with Gasteiger partial charge in [0.25, 0.3) is 5.56 Å². The van der Waals surface area contributed by atoms with Crippen molar-refractivity contribution in [2.75, 3.05) is 0 Å². The number of hydrogen-bond donors (Lipinski definition) is 5. The van der Waals surface area contributed by atoms with Gasteiger partial charge in [-0.15, -0.1) is 0 Å². The summed E-state index contributed by atoms with van der Waals surface area (Å²) in [5.41, 5.74) is 4.69. The Bertz CT molecular complexity index is 1500. The minimum atomic E-state index is -1.38. The van der Waals surface area contributed by atoms with Crippen molar-refractivity contribution in [3.05, 3.63) is 81.0 Å². The van der Waals surface area contributed by atoms with Gasteiger partial charge in [0, 0.05) is 12.8 Å². The Kier molecular flexibility index (Phi) is 9.96. The molecule has 0 radical (unpaired) electrons. The highest BCUT2D eigenvalue weighted by molar-refractivity contribution is 5.92. The number of nitrogens with one attached hydrogen (secondary N) is 3. The van der Waals surface area contributed by atoms with Crippen molar-refractivity contribution in [2.24, 2.45) is 11.7 Å². The minimum absolute atomic E-state index is 0.0667. The molecule has 212 valence electrons. The number of nitrogens with zero attached hydrogens (tertiary/aromatic N) is 1. The Hall–Kier alpha value is -4.74. The SMILES string of the molecule is CCC(C)[C@H](NC(=O)[C@H](CCC(N)=O)NC(=O)[C@H](Cc1ccccc1)n1c(=O)[nH]c2ccccc2c1=O)C(=O)O. The number of rotatable bonds is 13. The molecule has 0 spiro atoms. The molecule has 1 heterocycles. The van der Waals surface area contributed by atoms with E-state index in [1.807, 2.05) is 0 Å². The molecule has 1 aromatic heterocycles. The number of hydrogen-bond acceptors (Lipinski definition) is 6. The summed E-state index contributed by atoms with van der Waals surface area (Å²) in [7, 11) is 0. The summed E-state index contributed by atoms with van der Waals surface area (Å²) in [4.78, 5) is 79.3. The van der Waals surface area contributed by atoms with Crippen LogP contribution in [0.25, 0.3) is 10.9 Å². The average molecular weight is 552 g/mol. The van der Waals surface area contributed by atoms with Gasteiger partial charge in [0.15, 0.2) is 0 Å². The van der Waals surface area contributed by atoms with Crippen LogP contribution in [0, 0.1) is 5.92 Å². The van der Waals surface area contributed by atoms with Crippen LogP contribution in [0.5, 0.6) is 0 Å². The largest absolute Gasteiger partial charge is 0.480 e. The number of fused-ring (bicyclic) bond motifs is 1. The van der Waals surface area contributed by atoms with Crippen molar-refractivity contribution in [2.45, 2.75) is 57.7 Å². The molecule has 12 heteroatoms. The number of carbonyl (C=O) groups excluding carboxylic acids is 3. The van der Waals surface area contributed by atoms with Crippen LogP contribution in [-0.2, 0) is 25.6 Å². The van der Waals surface area contributed by atoms with E-state index in [0.29, 0.717) is 17.5 Å². The first kappa shape index (κ1) is 29.8. The fraction of sp³-hybridized carbons (Fsp3) is 0.357. The maximum Gasteiger partial charge on any atom is 0.329 e. The minimum Gasteiger partial charge on any atom is -0.480 e. The van der Waals surface area contributed by atoms with Crippen molar-refractivity contribution in [1.82, 2.24) is 20.2 Å². The lowest BCUT2D eigenvalue weighted by atomic mass is 9.98. The van der Waals surface area contributed by atoms with E-state index in [1.54, 1.807) is 62.4 Å². The van der Waals surface area contributed by atoms with Crippen molar-refractivity contribution in [3.8, 4) is 0 Å². The summed E-state index contributed by atoms with van der Waals surface area (Å²) >= 11 is 0. The number of amides is 3. The topological polar surface area (TPSA) is 193 Å². The molecule has 6 N–H and O–H groups in total. The molecule has 3 aromatic rings. The molecular weight excluding hydrogens is 518 g/mol. The number of primary amides is 1. The van der Waals surface area contributed by atoms with E-state index in [-0.39, 0.29) is 24.6 Å². The van der Waals surface area contributed by atoms with E-state index in [2.05, 4.69) is 15.6 Å². The second kappa shape index (κ2) is 13.4. The number of nitrogens with two attached hydrogens (primary N) is 1. The fourth-order valence-corrected chi connectivity index (χ4v) is 4.36. The quantitative estimate of drug-likeness (QED) is 0.208. The smallest absolute Gasteiger partial charge is 0.329 e. The molecule has 0 aliphatic carbocycles. The van der Waals surface area contributed by atoms with Crippen LogP contribution in [0.15, 0.2) is 64.2 Å². The predicted molar refractivity (Wildman–Crippen MR) is 147 cm³/mol. The van der Waals surface area contributed by atoms with Crippen LogP contribution in [0.4, 0.5) is 0 Å². The van der Waals surface area contributed by atoms with Crippen LogP contribution in [-0.4, -0.2) is 50.4 Å². The van der Waals surface area contributed by atoms with Crippen molar-refractivity contribution >= 4 is 34.6 Å². The molecule has 0 aliphatic rings. The van der Waals surface area contributed by atoms with E-state index in [1.165, 1.54) is 6.07 Å². The number of aliphatic carboxylic acids is 1. The molecule has 4 atom stereocenters. The molecule has 0 saturated heterocycles. The van der Waals surface area contributed by atoms with Crippen molar-refractivity contribution in [3.63, 3.8) is 0 Å². The van der Waals surface area contributed by atoms with Crippen LogP contribution < -0.4 is 27.6 Å². The maximum absolute atomic E-state index is 13.7. The Morgan fingerprint density at radius 3 is 2.25 bits per heavy atom. The molecule has 0 aliphatic heterocycles. The van der Waals surface area contributed by atoms with E-state index in [0.717, 1.165) is 4.57 Å². The van der Waals surface area contributed by atoms with Gasteiger partial charge in [0.05, 0.1) is 10.9 Å². The summed E-state index contributed by atoms with van der Waals surface area (Å²) in [6.07, 6.45) is -0.106. The zero-order valence-electron chi connectivity index (χ0n) is 22.3. The lowest BCUT2D eigenvalue weighted by Crippen LogP contribution is -2.55. The van der Waals surface area contributed by atoms with Crippen LogP contribution in [0.1, 0.15) is 44.7 Å². The van der Waals surface area contributed by atoms with Gasteiger partial charge in [-0.3, -0.25) is 19.2 Å². The fourth-order valence-electron chi connectivity index (χ4n) is 4.36. The molecule has 1 unspecified atom stereocenters. The van der Waals surface area contributed by atoms with Crippen molar-refractivity contribution < 1.29 is 24.3 Å². The highest BCUT2D eigenvalue weighted by Gasteiger charge is 2.32. The predicted octanol–water partition coefficient (Wildman–Crippen LogP) is 0.839. The number of para-hydroxylation sites is 1. The second-order valence-electron chi connectivity index (χ2n) is 9.63. The lowest BCUT2D eigenvalue weighted by molar-refractivity contribution is -0.144. The number of carboxylic acids is 1. The first-order valence-corrected chi connectivity index (χ1v) is 12.9. The van der Waals surface area contributed by atoms with Crippen LogP contribution >= 0.6 is 0 Å². The van der Waals surface area contributed by atoms with Gasteiger partial charge in [-0.1, -0.05) is 62.7 Å². The van der Waals surface area contributed by atoms with Crippen LogP contribution in [0.2, 0.25) is 0 Å². The summed E-state index contributed by atoms with van der Waals surface area (Å²) in [5.74, 6) is -4.08. The van der Waals surface area contributed by atoms with E-state index in [9.17, 15) is 33.9 Å².